The van der Waals surface area contributed by atoms with Crippen LogP contribution in [-0.2, 0) is 20.7 Å². The SMILES string of the molecule is O=C(COC(=O)c1ccc(N2C(=O)CC(NCCC3=CCCCC3)C2=O)cc1)c1ccc2c(c1)Cc1ccccc1-2. The van der Waals surface area contributed by atoms with E-state index in [2.05, 4.69) is 23.5 Å². The van der Waals surface area contributed by atoms with Crippen molar-refractivity contribution in [2.24, 2.45) is 0 Å². The Morgan fingerprint density at radius 1 is 0.902 bits per heavy atom. The molecule has 1 unspecified atom stereocenters. The fraction of sp³-hybridized carbons (Fsp3) is 0.294. The minimum Gasteiger partial charge on any atom is -0.454 e. The van der Waals surface area contributed by atoms with Gasteiger partial charge in [-0.15, -0.1) is 0 Å². The Labute approximate surface area is 239 Å². The summed E-state index contributed by atoms with van der Waals surface area (Å²) in [7, 11) is 0. The number of allylic oxidation sites excluding steroid dienone is 1. The summed E-state index contributed by atoms with van der Waals surface area (Å²) < 4.78 is 5.29. The van der Waals surface area contributed by atoms with Gasteiger partial charge in [0, 0.05) is 5.56 Å². The molecule has 0 spiro atoms. The highest BCUT2D eigenvalue weighted by Crippen LogP contribution is 2.36. The molecule has 1 heterocycles. The van der Waals surface area contributed by atoms with Gasteiger partial charge in [0.2, 0.25) is 5.91 Å². The number of carbonyl (C=O) groups is 4. The first-order valence-corrected chi connectivity index (χ1v) is 14.3. The summed E-state index contributed by atoms with van der Waals surface area (Å²) in [5, 5.41) is 3.24. The van der Waals surface area contributed by atoms with Crippen LogP contribution in [0.4, 0.5) is 5.69 Å². The zero-order chi connectivity index (χ0) is 28.3. The maximum Gasteiger partial charge on any atom is 0.338 e. The van der Waals surface area contributed by atoms with Gasteiger partial charge in [0.25, 0.3) is 5.91 Å². The molecular formula is C34H32N2O5. The molecular weight excluding hydrogens is 516 g/mol. The Hall–Kier alpha value is -4.36. The molecule has 2 aliphatic carbocycles. The van der Waals surface area contributed by atoms with E-state index >= 15 is 0 Å². The summed E-state index contributed by atoms with van der Waals surface area (Å²) >= 11 is 0. The number of imide groups is 1. The third-order valence-electron chi connectivity index (χ3n) is 8.18. The lowest BCUT2D eigenvalue weighted by molar-refractivity contribution is -0.121. The number of fused-ring (bicyclic) bond motifs is 3. The van der Waals surface area contributed by atoms with Gasteiger partial charge < -0.3 is 10.1 Å². The van der Waals surface area contributed by atoms with E-state index in [0.29, 0.717) is 17.8 Å². The first-order valence-electron chi connectivity index (χ1n) is 14.3. The third-order valence-corrected chi connectivity index (χ3v) is 8.18. The van der Waals surface area contributed by atoms with E-state index < -0.39 is 12.0 Å². The van der Waals surface area contributed by atoms with E-state index in [1.54, 1.807) is 18.2 Å². The van der Waals surface area contributed by atoms with Crippen molar-refractivity contribution in [2.45, 2.75) is 51.0 Å². The van der Waals surface area contributed by atoms with Crippen LogP contribution in [0.25, 0.3) is 11.1 Å². The van der Waals surface area contributed by atoms with E-state index in [4.69, 9.17) is 4.74 Å². The van der Waals surface area contributed by atoms with Gasteiger partial charge in [-0.25, -0.2) is 9.69 Å². The Bertz CT molecular complexity index is 1560. The zero-order valence-corrected chi connectivity index (χ0v) is 22.9. The molecule has 1 atom stereocenters. The number of benzene rings is 3. The van der Waals surface area contributed by atoms with Crippen LogP contribution >= 0.6 is 0 Å². The number of carbonyl (C=O) groups excluding carboxylic acids is 4. The van der Waals surface area contributed by atoms with Crippen LogP contribution in [0, 0.1) is 0 Å². The number of Topliss-reactive ketones (excluding diaryl/α,β-unsaturated/α-hetero) is 1. The average Bonchev–Trinajstić information content (AvgIpc) is 3.51. The lowest BCUT2D eigenvalue weighted by Crippen LogP contribution is -2.39. The van der Waals surface area contributed by atoms with Crippen molar-refractivity contribution in [3.8, 4) is 11.1 Å². The van der Waals surface area contributed by atoms with Crippen LogP contribution in [0.15, 0.2) is 78.4 Å². The summed E-state index contributed by atoms with van der Waals surface area (Å²) in [5.41, 5.74) is 7.20. The third kappa shape index (κ3) is 5.63. The van der Waals surface area contributed by atoms with E-state index in [1.165, 1.54) is 46.6 Å². The fourth-order valence-corrected chi connectivity index (χ4v) is 5.96. The van der Waals surface area contributed by atoms with Crippen LogP contribution in [0.1, 0.15) is 70.4 Å². The van der Waals surface area contributed by atoms with Crippen LogP contribution in [0.3, 0.4) is 0 Å². The molecule has 0 saturated carbocycles. The van der Waals surface area contributed by atoms with Crippen molar-refractivity contribution in [1.29, 1.82) is 0 Å². The molecule has 1 aliphatic heterocycles. The van der Waals surface area contributed by atoms with Crippen LogP contribution in [-0.4, -0.2) is 42.8 Å². The number of anilines is 1. The molecule has 1 N–H and O–H groups in total. The van der Waals surface area contributed by atoms with Gasteiger partial charge in [0.1, 0.15) is 0 Å². The number of esters is 1. The molecule has 0 bridgehead atoms. The highest BCUT2D eigenvalue weighted by molar-refractivity contribution is 6.22. The van der Waals surface area contributed by atoms with Gasteiger partial charge in [0.15, 0.2) is 12.4 Å². The largest absolute Gasteiger partial charge is 0.454 e. The smallest absolute Gasteiger partial charge is 0.338 e. The molecule has 3 aromatic carbocycles. The second kappa shape index (κ2) is 11.6. The molecule has 7 heteroatoms. The molecule has 7 nitrogen and oxygen atoms in total. The predicted molar refractivity (Wildman–Crippen MR) is 156 cm³/mol. The number of ketones is 1. The number of hydrogen-bond acceptors (Lipinski definition) is 6. The molecule has 208 valence electrons. The molecule has 1 saturated heterocycles. The molecule has 6 rings (SSSR count). The van der Waals surface area contributed by atoms with Gasteiger partial charge in [0.05, 0.1) is 23.7 Å². The predicted octanol–water partition coefficient (Wildman–Crippen LogP) is 5.41. The van der Waals surface area contributed by atoms with Crippen LogP contribution in [0.2, 0.25) is 0 Å². The first-order chi connectivity index (χ1) is 20.0. The number of ether oxygens (including phenoxy) is 1. The number of amides is 2. The molecule has 41 heavy (non-hydrogen) atoms. The van der Waals surface area contributed by atoms with Gasteiger partial charge in [-0.05, 0) is 97.7 Å². The molecule has 0 aromatic heterocycles. The zero-order valence-electron chi connectivity index (χ0n) is 22.9. The number of nitrogens with zero attached hydrogens (tertiary/aromatic N) is 1. The lowest BCUT2D eigenvalue weighted by Gasteiger charge is -2.17. The quantitative estimate of drug-likeness (QED) is 0.130. The molecule has 0 radical (unpaired) electrons. The minimum atomic E-state index is -0.644. The van der Waals surface area contributed by atoms with Crippen molar-refractivity contribution in [1.82, 2.24) is 5.32 Å². The Morgan fingerprint density at radius 3 is 2.49 bits per heavy atom. The second-order valence-electron chi connectivity index (χ2n) is 10.9. The number of rotatable bonds is 9. The van der Waals surface area contributed by atoms with Gasteiger partial charge in [-0.2, -0.15) is 0 Å². The van der Waals surface area contributed by atoms with E-state index in [9.17, 15) is 19.2 Å². The minimum absolute atomic E-state index is 0.110. The Balaban J connectivity index is 1.02. The van der Waals surface area contributed by atoms with Gasteiger partial charge in [-0.3, -0.25) is 14.4 Å². The van der Waals surface area contributed by atoms with E-state index in [1.807, 2.05) is 24.3 Å². The standard InChI is InChI=1S/C34H32N2O5/c37-31(25-12-15-29-26(19-25)18-24-8-4-5-9-28(24)29)21-41-34(40)23-10-13-27(14-11-23)36-32(38)20-30(33(36)39)35-17-16-22-6-2-1-3-7-22/h4-6,8-15,19,30,35H,1-3,7,16-18,20-21H2. The fourth-order valence-electron chi connectivity index (χ4n) is 5.96. The van der Waals surface area contributed by atoms with Crippen molar-refractivity contribution in [3.63, 3.8) is 0 Å². The molecule has 3 aromatic rings. The first kappa shape index (κ1) is 26.8. The average molecular weight is 549 g/mol. The number of hydrogen-bond donors (Lipinski definition) is 1. The Kier molecular flexibility index (Phi) is 7.61. The molecule has 2 amide bonds. The second-order valence-corrected chi connectivity index (χ2v) is 10.9. The summed E-state index contributed by atoms with van der Waals surface area (Å²) in [5.74, 6) is -1.48. The summed E-state index contributed by atoms with van der Waals surface area (Å²) in [4.78, 5) is 52.2. The van der Waals surface area contributed by atoms with Crippen molar-refractivity contribution >= 4 is 29.3 Å². The highest BCUT2D eigenvalue weighted by atomic mass is 16.5. The normalized spacial score (nSPS) is 17.7. The number of nitrogens with one attached hydrogen (secondary N) is 1. The molecule has 1 fully saturated rings. The van der Waals surface area contributed by atoms with E-state index in [0.717, 1.165) is 36.8 Å². The van der Waals surface area contributed by atoms with Crippen LogP contribution in [0.5, 0.6) is 0 Å². The van der Waals surface area contributed by atoms with Gasteiger partial charge in [-0.1, -0.05) is 48.0 Å². The maximum absolute atomic E-state index is 13.0. The summed E-state index contributed by atoms with van der Waals surface area (Å²) in [6.45, 7) is 0.283. The lowest BCUT2D eigenvalue weighted by atomic mass is 9.97. The van der Waals surface area contributed by atoms with Crippen molar-refractivity contribution in [2.75, 3.05) is 18.1 Å². The van der Waals surface area contributed by atoms with Crippen LogP contribution < -0.4 is 10.2 Å². The molecule has 3 aliphatic rings. The highest BCUT2D eigenvalue weighted by Gasteiger charge is 2.39. The summed E-state index contributed by atoms with van der Waals surface area (Å²) in [6, 6.07) is 19.4. The maximum atomic E-state index is 13.0. The van der Waals surface area contributed by atoms with Crippen molar-refractivity contribution < 1.29 is 23.9 Å². The summed E-state index contributed by atoms with van der Waals surface area (Å²) in [6.07, 6.45) is 8.73. The van der Waals surface area contributed by atoms with Gasteiger partial charge >= 0.3 is 5.97 Å². The monoisotopic (exact) mass is 548 g/mol. The van der Waals surface area contributed by atoms with E-state index in [-0.39, 0.29) is 36.2 Å². The topological polar surface area (TPSA) is 92.8 Å². The Morgan fingerprint density at radius 2 is 1.68 bits per heavy atom. The van der Waals surface area contributed by atoms with Crippen molar-refractivity contribution in [3.05, 3.63) is 101 Å².